The molecule has 0 unspecified atom stereocenters. The van der Waals surface area contributed by atoms with Crippen LogP contribution in [0.25, 0.3) is 0 Å². The fourth-order valence-electron chi connectivity index (χ4n) is 14.7. The molecule has 0 N–H and O–H groups in total. The maximum Gasteiger partial charge on any atom is 0.333 e. The SMILES string of the molecule is C=C(C)C(=O)OCCCCCCCCCCCCCCCC.C=C(C)C(=O)OCCCCCCCCCCCCCCCCC.C=C(C)C(=O)OCCCCCCCCCCCCCCCCCC.C=C(C)C(=O)OCCCCCCCCCCCCCCCCCCC.C=C(C)C(=O)OCCCCCCCCCCCCCCCCCCCC. The van der Waals surface area contributed by atoms with E-state index in [0.717, 1.165) is 32.1 Å². The van der Waals surface area contributed by atoms with Gasteiger partial charge >= 0.3 is 29.8 Å². The second-order valence-corrected chi connectivity index (χ2v) is 36.1. The number of rotatable bonds is 90. The standard InChI is InChI=1S/C24H46O2.C23H44O2.C22H42O2.C21H40O2.C20H38O2/c1-4-5-6-7-8-9-10-11-12-13-14-15-16-17-18-19-20-21-22-26-24(25)23(2)3;1-4-5-6-7-8-9-10-11-12-13-14-15-16-17-18-19-20-21-25-23(24)22(2)3;1-4-5-6-7-8-9-10-11-12-13-14-15-16-17-18-19-20-24-22(23)21(2)3;1-4-5-6-7-8-9-10-11-12-13-14-15-16-17-18-19-23-21(22)20(2)3;1-4-5-6-7-8-9-10-11-12-13-14-15-16-17-18-22-20(21)19(2)3/h2,4-22H2,1,3H3;2,4-21H2,1,3H3;2,4-20H2,1,3H3;2,4-19H2,1,3H3;2,4-18H2,1,3H3. The van der Waals surface area contributed by atoms with Crippen LogP contribution in [-0.2, 0) is 47.7 Å². The summed E-state index contributed by atoms with van der Waals surface area (Å²) in [6.45, 7) is 40.5. The minimum atomic E-state index is -0.255. The van der Waals surface area contributed by atoms with Crippen LogP contribution in [0, 0.1) is 0 Å². The van der Waals surface area contributed by atoms with Crippen LogP contribution in [0.1, 0.15) is 583 Å². The molecule has 0 spiro atoms. The molecule has 710 valence electrons. The zero-order chi connectivity index (χ0) is 89.4. The highest BCUT2D eigenvalue weighted by Gasteiger charge is 2.08. The average Bonchev–Trinajstić information content (AvgIpc) is 1.04. The van der Waals surface area contributed by atoms with Crippen LogP contribution in [0.3, 0.4) is 0 Å². The summed E-state index contributed by atoms with van der Waals surface area (Å²) in [7, 11) is 0. The molecule has 0 aliphatic carbocycles. The third-order valence-electron chi connectivity index (χ3n) is 22.9. The Balaban J connectivity index is -0.000000460. The summed E-state index contributed by atoms with van der Waals surface area (Å²) >= 11 is 0. The number of carbonyl (C=O) groups excluding carboxylic acids is 5. The monoisotopic (exact) mass is 1690 g/mol. The first-order valence-corrected chi connectivity index (χ1v) is 52.5. The molecule has 0 amide bonds. The van der Waals surface area contributed by atoms with Gasteiger partial charge in [-0.1, -0.05) is 549 Å². The van der Waals surface area contributed by atoms with Crippen LogP contribution in [0.15, 0.2) is 60.8 Å². The van der Waals surface area contributed by atoms with Gasteiger partial charge in [0.25, 0.3) is 0 Å². The lowest BCUT2D eigenvalue weighted by Crippen LogP contribution is -2.05. The van der Waals surface area contributed by atoms with E-state index in [9.17, 15) is 24.0 Å². The normalized spacial score (nSPS) is 10.8. The van der Waals surface area contributed by atoms with Crippen molar-refractivity contribution >= 4 is 29.8 Å². The predicted octanol–water partition coefficient (Wildman–Crippen LogP) is 36.8. The molecule has 0 aliphatic heterocycles. The third kappa shape index (κ3) is 118. The van der Waals surface area contributed by atoms with E-state index in [-0.39, 0.29) is 29.8 Å². The van der Waals surface area contributed by atoms with Gasteiger partial charge in [0.1, 0.15) is 0 Å². The average molecular weight is 1690 g/mol. The van der Waals surface area contributed by atoms with E-state index < -0.39 is 0 Å². The largest absolute Gasteiger partial charge is 0.462 e. The van der Waals surface area contributed by atoms with Crippen LogP contribution in [0.4, 0.5) is 0 Å². The lowest BCUT2D eigenvalue weighted by Gasteiger charge is -2.05. The molecule has 10 nitrogen and oxygen atoms in total. The Morgan fingerprint density at radius 2 is 0.200 bits per heavy atom. The van der Waals surface area contributed by atoms with Gasteiger partial charge < -0.3 is 23.7 Å². The first-order valence-electron chi connectivity index (χ1n) is 52.5. The predicted molar refractivity (Wildman–Crippen MR) is 527 cm³/mol. The summed E-state index contributed by atoms with van der Waals surface area (Å²) in [6, 6.07) is 0. The van der Waals surface area contributed by atoms with Crippen molar-refractivity contribution in [3.8, 4) is 0 Å². The Morgan fingerprint density at radius 3 is 0.267 bits per heavy atom. The van der Waals surface area contributed by atoms with E-state index in [1.807, 2.05) is 0 Å². The van der Waals surface area contributed by atoms with Gasteiger partial charge in [-0.25, -0.2) is 24.0 Å². The molecule has 0 aliphatic rings. The van der Waals surface area contributed by atoms with E-state index >= 15 is 0 Å². The quantitative estimate of drug-likeness (QED) is 0.0251. The molecule has 0 aromatic heterocycles. The van der Waals surface area contributed by atoms with E-state index in [1.165, 1.54) is 482 Å². The molecule has 10 heteroatoms. The summed E-state index contributed by atoms with van der Waals surface area (Å²) in [4.78, 5) is 55.9. The van der Waals surface area contributed by atoms with Crippen molar-refractivity contribution in [3.63, 3.8) is 0 Å². The van der Waals surface area contributed by atoms with Crippen molar-refractivity contribution < 1.29 is 47.7 Å². The highest BCUT2D eigenvalue weighted by Crippen LogP contribution is 2.21. The van der Waals surface area contributed by atoms with E-state index in [2.05, 4.69) is 67.5 Å². The summed E-state index contributed by atoms with van der Waals surface area (Å²) in [5.74, 6) is -1.27. The summed E-state index contributed by atoms with van der Waals surface area (Å²) in [5, 5.41) is 0. The summed E-state index contributed by atoms with van der Waals surface area (Å²) in [6.07, 6.45) is 109. The summed E-state index contributed by atoms with van der Waals surface area (Å²) < 4.78 is 25.4. The Morgan fingerprint density at radius 1 is 0.133 bits per heavy atom. The number of esters is 5. The lowest BCUT2D eigenvalue weighted by atomic mass is 10.0. The smallest absolute Gasteiger partial charge is 0.333 e. The molecular weight excluding hydrogens is 1480 g/mol. The van der Waals surface area contributed by atoms with Gasteiger partial charge in [-0.2, -0.15) is 0 Å². The zero-order valence-corrected chi connectivity index (χ0v) is 82.7. The second kappa shape index (κ2) is 111. The molecule has 0 aromatic rings. The number of hydrogen-bond acceptors (Lipinski definition) is 10. The number of ether oxygens (including phenoxy) is 5. The first-order chi connectivity index (χ1) is 58.4. The number of unbranched alkanes of at least 4 members (excludes halogenated alkanes) is 75. The highest BCUT2D eigenvalue weighted by molar-refractivity contribution is 5.88. The van der Waals surface area contributed by atoms with Crippen LogP contribution in [0.5, 0.6) is 0 Å². The zero-order valence-electron chi connectivity index (χ0n) is 82.7. The second-order valence-electron chi connectivity index (χ2n) is 36.1. The van der Waals surface area contributed by atoms with E-state index in [4.69, 9.17) is 23.7 Å². The van der Waals surface area contributed by atoms with Crippen molar-refractivity contribution in [1.29, 1.82) is 0 Å². The Labute approximate surface area is 749 Å². The van der Waals surface area contributed by atoms with Crippen molar-refractivity contribution in [2.24, 2.45) is 0 Å². The Kier molecular flexibility index (Phi) is 115. The Hall–Kier alpha value is -3.95. The Bertz CT molecular complexity index is 2180. The fourth-order valence-corrected chi connectivity index (χ4v) is 14.7. The molecule has 0 fully saturated rings. The fraction of sp³-hybridized carbons (Fsp3) is 0.864. The topological polar surface area (TPSA) is 132 Å². The van der Waals surface area contributed by atoms with Gasteiger partial charge in [0, 0.05) is 27.9 Å². The molecule has 0 saturated heterocycles. The molecule has 0 aromatic carbocycles. The van der Waals surface area contributed by atoms with Gasteiger partial charge in [-0.3, -0.25) is 0 Å². The molecule has 0 heterocycles. The highest BCUT2D eigenvalue weighted by atomic mass is 16.5. The van der Waals surface area contributed by atoms with Crippen LogP contribution < -0.4 is 0 Å². The minimum absolute atomic E-state index is 0.253. The van der Waals surface area contributed by atoms with Gasteiger partial charge in [0.15, 0.2) is 0 Å². The van der Waals surface area contributed by atoms with E-state index in [1.54, 1.807) is 34.6 Å². The van der Waals surface area contributed by atoms with Crippen molar-refractivity contribution in [3.05, 3.63) is 60.8 Å². The van der Waals surface area contributed by atoms with Crippen molar-refractivity contribution in [2.75, 3.05) is 33.0 Å². The molecule has 120 heavy (non-hydrogen) atoms. The van der Waals surface area contributed by atoms with Crippen molar-refractivity contribution in [2.45, 2.75) is 583 Å². The van der Waals surface area contributed by atoms with Gasteiger partial charge in [0.2, 0.25) is 0 Å². The molecule has 0 atom stereocenters. The van der Waals surface area contributed by atoms with Crippen molar-refractivity contribution in [1.82, 2.24) is 0 Å². The minimum Gasteiger partial charge on any atom is -0.462 e. The number of carbonyl (C=O) groups is 5. The molecule has 0 rings (SSSR count). The van der Waals surface area contributed by atoms with Gasteiger partial charge in [-0.15, -0.1) is 0 Å². The van der Waals surface area contributed by atoms with E-state index in [0.29, 0.717) is 60.9 Å². The molecular formula is C110H210O10. The molecule has 0 bridgehead atoms. The molecule has 0 saturated carbocycles. The van der Waals surface area contributed by atoms with Gasteiger partial charge in [-0.05, 0) is 66.7 Å². The van der Waals surface area contributed by atoms with Crippen LogP contribution in [-0.4, -0.2) is 62.9 Å². The maximum atomic E-state index is 11.2. The third-order valence-corrected chi connectivity index (χ3v) is 22.9. The lowest BCUT2D eigenvalue weighted by molar-refractivity contribution is -0.139. The summed E-state index contributed by atoms with van der Waals surface area (Å²) in [5.41, 5.74) is 2.46. The van der Waals surface area contributed by atoms with Crippen LogP contribution >= 0.6 is 0 Å². The number of hydrogen-bond donors (Lipinski definition) is 0. The first kappa shape index (κ1) is 125. The molecule has 0 radical (unpaired) electrons. The van der Waals surface area contributed by atoms with Gasteiger partial charge in [0.05, 0.1) is 33.0 Å². The maximum absolute atomic E-state index is 11.2. The van der Waals surface area contributed by atoms with Crippen LogP contribution in [0.2, 0.25) is 0 Å².